The Labute approximate surface area is 120 Å². The molecule has 1 aliphatic carbocycles. The molecule has 0 aliphatic heterocycles. The maximum atomic E-state index is 11.1. The van der Waals surface area contributed by atoms with Gasteiger partial charge in [0.2, 0.25) is 0 Å². The van der Waals surface area contributed by atoms with Crippen molar-refractivity contribution in [2.75, 3.05) is 19.5 Å². The molecule has 0 saturated carbocycles. The summed E-state index contributed by atoms with van der Waals surface area (Å²) in [7, 11) is 1.33. The van der Waals surface area contributed by atoms with Crippen LogP contribution in [-0.2, 0) is 14.3 Å². The molecular weight excluding hydrogens is 274 g/mol. The second-order valence-corrected chi connectivity index (χ2v) is 4.70. The van der Waals surface area contributed by atoms with Crippen LogP contribution in [0.4, 0.5) is 5.82 Å². The number of nitrogen functional groups attached to an aromatic ring is 1. The zero-order valence-corrected chi connectivity index (χ0v) is 11.5. The van der Waals surface area contributed by atoms with Crippen molar-refractivity contribution in [1.82, 2.24) is 19.5 Å². The summed E-state index contributed by atoms with van der Waals surface area (Å²) in [6.45, 7) is -0.0575. The fraction of sp³-hybridized carbons (Fsp3) is 0.385. The number of aromatic nitrogens is 4. The van der Waals surface area contributed by atoms with Crippen molar-refractivity contribution >= 4 is 23.0 Å². The van der Waals surface area contributed by atoms with Gasteiger partial charge < -0.3 is 19.8 Å². The highest BCUT2D eigenvalue weighted by Crippen LogP contribution is 2.28. The number of nitrogens with zero attached hydrogens (tertiary/aromatic N) is 4. The molecule has 2 aromatic heterocycles. The first-order valence-electron chi connectivity index (χ1n) is 6.49. The SMILES string of the molecule is COC(=O)CO[C@H]1C=C[C@H](n2cnc3c(N)ncnc32)C1. The van der Waals surface area contributed by atoms with E-state index in [2.05, 4.69) is 19.7 Å². The summed E-state index contributed by atoms with van der Waals surface area (Å²) in [4.78, 5) is 23.4. The number of imidazole rings is 1. The number of ether oxygens (including phenoxy) is 2. The summed E-state index contributed by atoms with van der Waals surface area (Å²) in [6, 6.07) is 0.0620. The Morgan fingerprint density at radius 2 is 2.29 bits per heavy atom. The zero-order chi connectivity index (χ0) is 14.8. The quantitative estimate of drug-likeness (QED) is 0.644. The van der Waals surface area contributed by atoms with Crippen molar-refractivity contribution < 1.29 is 14.3 Å². The Kier molecular flexibility index (Phi) is 3.53. The average molecular weight is 289 g/mol. The number of carbonyl (C=O) groups is 1. The minimum Gasteiger partial charge on any atom is -0.467 e. The van der Waals surface area contributed by atoms with E-state index in [4.69, 9.17) is 10.5 Å². The first-order chi connectivity index (χ1) is 10.2. The maximum Gasteiger partial charge on any atom is 0.331 e. The number of esters is 1. The third-order valence-electron chi connectivity index (χ3n) is 3.41. The van der Waals surface area contributed by atoms with E-state index in [0.717, 1.165) is 0 Å². The minimum atomic E-state index is -0.388. The molecule has 3 rings (SSSR count). The highest BCUT2D eigenvalue weighted by molar-refractivity contribution is 5.81. The lowest BCUT2D eigenvalue weighted by atomic mass is 10.2. The van der Waals surface area contributed by atoms with Gasteiger partial charge in [-0.1, -0.05) is 12.2 Å². The molecule has 21 heavy (non-hydrogen) atoms. The fourth-order valence-corrected chi connectivity index (χ4v) is 2.32. The van der Waals surface area contributed by atoms with Crippen LogP contribution in [0.2, 0.25) is 0 Å². The van der Waals surface area contributed by atoms with Crippen LogP contribution >= 0.6 is 0 Å². The summed E-state index contributed by atoms with van der Waals surface area (Å²) in [5.41, 5.74) is 7.04. The largest absolute Gasteiger partial charge is 0.467 e. The first kappa shape index (κ1) is 13.5. The van der Waals surface area contributed by atoms with E-state index >= 15 is 0 Å². The van der Waals surface area contributed by atoms with Crippen LogP contribution < -0.4 is 5.73 Å². The molecule has 0 aromatic carbocycles. The van der Waals surface area contributed by atoms with Crippen molar-refractivity contribution in [3.05, 3.63) is 24.8 Å². The van der Waals surface area contributed by atoms with E-state index < -0.39 is 0 Å². The lowest BCUT2D eigenvalue weighted by Gasteiger charge is -2.14. The smallest absolute Gasteiger partial charge is 0.331 e. The van der Waals surface area contributed by atoms with Gasteiger partial charge in [-0.15, -0.1) is 0 Å². The van der Waals surface area contributed by atoms with E-state index in [1.165, 1.54) is 13.4 Å². The van der Waals surface area contributed by atoms with Crippen molar-refractivity contribution in [3.63, 3.8) is 0 Å². The van der Waals surface area contributed by atoms with E-state index in [1.807, 2.05) is 16.7 Å². The van der Waals surface area contributed by atoms with Gasteiger partial charge in [0.25, 0.3) is 0 Å². The van der Waals surface area contributed by atoms with Gasteiger partial charge in [0.15, 0.2) is 11.5 Å². The second kappa shape index (κ2) is 5.49. The van der Waals surface area contributed by atoms with Crippen LogP contribution in [0.3, 0.4) is 0 Å². The number of rotatable bonds is 4. The summed E-state index contributed by atoms with van der Waals surface area (Å²) in [5.74, 6) is -0.0281. The number of carbonyl (C=O) groups excluding carboxylic acids is 1. The standard InChI is InChI=1S/C13H15N5O3/c1-20-10(19)5-21-9-3-2-8(4-9)18-7-17-11-12(14)15-6-16-13(11)18/h2-3,6-9H,4-5H2,1H3,(H2,14,15,16)/t8-,9-/m0/s1. The molecule has 2 atom stereocenters. The molecule has 8 heteroatoms. The molecule has 1 aliphatic rings. The topological polar surface area (TPSA) is 105 Å². The Balaban J connectivity index is 1.72. The molecule has 0 unspecified atom stereocenters. The van der Waals surface area contributed by atoms with Crippen LogP contribution in [0.1, 0.15) is 12.5 Å². The zero-order valence-electron chi connectivity index (χ0n) is 11.5. The Morgan fingerprint density at radius 3 is 3.10 bits per heavy atom. The molecule has 0 saturated heterocycles. The van der Waals surface area contributed by atoms with E-state index in [9.17, 15) is 4.79 Å². The number of anilines is 1. The van der Waals surface area contributed by atoms with E-state index in [1.54, 1.807) is 6.33 Å². The van der Waals surface area contributed by atoms with Crippen molar-refractivity contribution in [2.45, 2.75) is 18.6 Å². The number of methoxy groups -OCH3 is 1. The summed E-state index contributed by atoms with van der Waals surface area (Å²) in [6.07, 6.45) is 7.59. The van der Waals surface area contributed by atoms with Gasteiger partial charge in [-0.05, 0) is 0 Å². The van der Waals surface area contributed by atoms with Gasteiger partial charge >= 0.3 is 5.97 Å². The lowest BCUT2D eigenvalue weighted by molar-refractivity contribution is -0.147. The normalized spacial score (nSPS) is 21.0. The van der Waals surface area contributed by atoms with Crippen molar-refractivity contribution in [3.8, 4) is 0 Å². The van der Waals surface area contributed by atoms with Crippen molar-refractivity contribution in [1.29, 1.82) is 0 Å². The Bertz CT molecular complexity index is 696. The predicted octanol–water partition coefficient (Wildman–Crippen LogP) is 0.468. The van der Waals surface area contributed by atoms with Gasteiger partial charge in [-0.3, -0.25) is 0 Å². The molecule has 110 valence electrons. The average Bonchev–Trinajstić information content (AvgIpc) is 3.11. The molecule has 2 N–H and O–H groups in total. The molecule has 0 spiro atoms. The maximum absolute atomic E-state index is 11.1. The Morgan fingerprint density at radius 1 is 1.43 bits per heavy atom. The van der Waals surface area contributed by atoms with Gasteiger partial charge in [-0.25, -0.2) is 19.7 Å². The summed E-state index contributed by atoms with van der Waals surface area (Å²) in [5, 5.41) is 0. The predicted molar refractivity (Wildman–Crippen MR) is 74.3 cm³/mol. The van der Waals surface area contributed by atoms with Gasteiger partial charge in [0, 0.05) is 6.42 Å². The highest BCUT2D eigenvalue weighted by atomic mass is 16.6. The number of fused-ring (bicyclic) bond motifs is 1. The molecule has 0 amide bonds. The lowest BCUT2D eigenvalue weighted by Crippen LogP contribution is -2.17. The second-order valence-electron chi connectivity index (χ2n) is 4.70. The van der Waals surface area contributed by atoms with Gasteiger partial charge in [0.1, 0.15) is 18.5 Å². The van der Waals surface area contributed by atoms with E-state index in [0.29, 0.717) is 23.4 Å². The number of hydrogen-bond donors (Lipinski definition) is 1. The molecule has 0 radical (unpaired) electrons. The summed E-state index contributed by atoms with van der Waals surface area (Å²) < 4.78 is 11.9. The van der Waals surface area contributed by atoms with Crippen molar-refractivity contribution in [2.24, 2.45) is 0 Å². The minimum absolute atomic E-state index is 0.0575. The first-order valence-corrected chi connectivity index (χ1v) is 6.49. The van der Waals surface area contributed by atoms with Crippen LogP contribution in [0.25, 0.3) is 11.2 Å². The van der Waals surface area contributed by atoms with Crippen LogP contribution in [0, 0.1) is 0 Å². The molecule has 0 fully saturated rings. The highest BCUT2D eigenvalue weighted by Gasteiger charge is 2.23. The molecule has 0 bridgehead atoms. The number of nitrogens with two attached hydrogens (primary N) is 1. The van der Waals surface area contributed by atoms with Gasteiger partial charge in [-0.2, -0.15) is 0 Å². The van der Waals surface area contributed by atoms with Crippen LogP contribution in [0.15, 0.2) is 24.8 Å². The third kappa shape index (κ3) is 2.57. The summed E-state index contributed by atoms with van der Waals surface area (Å²) >= 11 is 0. The molecular formula is C13H15N5O3. The van der Waals surface area contributed by atoms with Crippen LogP contribution in [-0.4, -0.2) is 45.3 Å². The number of allylic oxidation sites excluding steroid dienone is 1. The Hall–Kier alpha value is -2.48. The molecule has 2 aromatic rings. The van der Waals surface area contributed by atoms with E-state index in [-0.39, 0.29) is 24.7 Å². The fourth-order valence-electron chi connectivity index (χ4n) is 2.32. The molecule has 8 nitrogen and oxygen atoms in total. The van der Waals surface area contributed by atoms with Crippen LogP contribution in [0.5, 0.6) is 0 Å². The molecule has 2 heterocycles. The monoisotopic (exact) mass is 289 g/mol. The number of hydrogen-bond acceptors (Lipinski definition) is 7. The van der Waals surface area contributed by atoms with Gasteiger partial charge in [0.05, 0.1) is 25.6 Å². The third-order valence-corrected chi connectivity index (χ3v) is 3.41.